The molecule has 172 valence electrons. The molecular weight excluding hydrogens is 438 g/mol. The molecule has 2 aromatic carbocycles. The van der Waals surface area contributed by atoms with Crippen LogP contribution in [0.3, 0.4) is 0 Å². The van der Waals surface area contributed by atoms with Gasteiger partial charge in [-0.25, -0.2) is 4.98 Å². The first kappa shape index (κ1) is 22.8. The van der Waals surface area contributed by atoms with Crippen LogP contribution >= 0.6 is 11.3 Å². The molecule has 0 radical (unpaired) electrons. The monoisotopic (exact) mass is 465 g/mol. The van der Waals surface area contributed by atoms with Crippen LogP contribution in [-0.4, -0.2) is 35.5 Å². The second-order valence-corrected chi connectivity index (χ2v) is 8.81. The number of nitrogens with one attached hydrogen (secondary N) is 2. The van der Waals surface area contributed by atoms with Crippen molar-refractivity contribution in [3.05, 3.63) is 76.7 Å². The summed E-state index contributed by atoms with van der Waals surface area (Å²) in [5.41, 5.74) is 0.370. The molecule has 1 aliphatic rings. The molecule has 2 amide bonds. The van der Waals surface area contributed by atoms with Crippen molar-refractivity contribution >= 4 is 23.2 Å². The summed E-state index contributed by atoms with van der Waals surface area (Å²) in [5, 5.41) is 8.55. The van der Waals surface area contributed by atoms with Gasteiger partial charge in [0.1, 0.15) is 28.8 Å². The summed E-state index contributed by atoms with van der Waals surface area (Å²) >= 11 is 1.39. The first-order chi connectivity index (χ1) is 16.2. The molecule has 1 aliphatic carbocycles. The van der Waals surface area contributed by atoms with Gasteiger partial charge in [0.2, 0.25) is 0 Å². The number of aromatic nitrogens is 1. The summed E-state index contributed by atoms with van der Waals surface area (Å²) in [5.74, 6) is 0.982. The molecule has 33 heavy (non-hydrogen) atoms. The number of ether oxygens (including phenoxy) is 2. The number of carbonyl (C=O) groups is 2. The molecule has 1 heterocycles. The summed E-state index contributed by atoms with van der Waals surface area (Å²) in [6, 6.07) is 18.5. The number of para-hydroxylation sites is 2. The number of thiazole rings is 1. The molecule has 4 rings (SSSR count). The van der Waals surface area contributed by atoms with Gasteiger partial charge in [-0.05, 0) is 37.1 Å². The van der Waals surface area contributed by atoms with Crippen molar-refractivity contribution < 1.29 is 19.1 Å². The lowest BCUT2D eigenvalue weighted by Gasteiger charge is -2.32. The average Bonchev–Trinajstić information content (AvgIpc) is 3.33. The van der Waals surface area contributed by atoms with Crippen LogP contribution in [0.2, 0.25) is 0 Å². The molecular formula is C25H27N3O4S. The largest absolute Gasteiger partial charge is 0.486 e. The van der Waals surface area contributed by atoms with Crippen molar-refractivity contribution in [2.75, 3.05) is 6.61 Å². The van der Waals surface area contributed by atoms with E-state index in [4.69, 9.17) is 9.47 Å². The van der Waals surface area contributed by atoms with E-state index in [1.54, 1.807) is 5.38 Å². The quantitative estimate of drug-likeness (QED) is 0.499. The Morgan fingerprint density at radius 3 is 2.15 bits per heavy atom. The fourth-order valence-electron chi connectivity index (χ4n) is 3.78. The molecule has 1 aromatic heterocycles. The Hall–Kier alpha value is -3.39. The van der Waals surface area contributed by atoms with E-state index in [-0.39, 0.29) is 30.5 Å². The maximum atomic E-state index is 12.8. The lowest BCUT2D eigenvalue weighted by Crippen LogP contribution is -2.54. The lowest BCUT2D eigenvalue weighted by atomic mass is 9.90. The number of carbonyl (C=O) groups excluding carboxylic acids is 2. The molecule has 3 aromatic rings. The normalized spacial score (nSPS) is 17.7. The Balaban J connectivity index is 1.28. The number of nitrogens with zero attached hydrogens (tertiary/aromatic N) is 1. The molecule has 8 heteroatoms. The third-order valence-corrected chi connectivity index (χ3v) is 6.25. The Morgan fingerprint density at radius 2 is 1.48 bits per heavy atom. The minimum Gasteiger partial charge on any atom is -0.486 e. The van der Waals surface area contributed by atoms with E-state index in [1.165, 1.54) is 11.3 Å². The van der Waals surface area contributed by atoms with Gasteiger partial charge in [0, 0.05) is 17.5 Å². The molecule has 2 N–H and O–H groups in total. The number of benzene rings is 2. The second-order valence-electron chi connectivity index (χ2n) is 7.87. The van der Waals surface area contributed by atoms with Crippen molar-refractivity contribution in [3.8, 4) is 11.5 Å². The highest BCUT2D eigenvalue weighted by Gasteiger charge is 2.28. The highest BCUT2D eigenvalue weighted by molar-refractivity contribution is 7.09. The van der Waals surface area contributed by atoms with Gasteiger partial charge in [-0.1, -0.05) is 49.2 Å². The zero-order valence-electron chi connectivity index (χ0n) is 18.2. The summed E-state index contributed by atoms with van der Waals surface area (Å²) in [6.45, 7) is 0.253. The first-order valence-corrected chi connectivity index (χ1v) is 12.0. The predicted octanol–water partition coefficient (Wildman–Crippen LogP) is 3.96. The molecule has 1 fully saturated rings. The van der Waals surface area contributed by atoms with Crippen LogP contribution in [0.15, 0.2) is 66.0 Å². The van der Waals surface area contributed by atoms with Gasteiger partial charge in [0.05, 0.1) is 0 Å². The third-order valence-electron chi connectivity index (χ3n) is 5.43. The van der Waals surface area contributed by atoms with Crippen molar-refractivity contribution in [2.45, 2.75) is 44.4 Å². The Kier molecular flexibility index (Phi) is 7.92. The van der Waals surface area contributed by atoms with Crippen LogP contribution in [0, 0.1) is 0 Å². The van der Waals surface area contributed by atoms with Crippen LogP contribution in [-0.2, 0) is 11.4 Å². The van der Waals surface area contributed by atoms with Crippen molar-refractivity contribution in [2.24, 2.45) is 0 Å². The molecule has 0 spiro atoms. The zero-order valence-corrected chi connectivity index (χ0v) is 19.1. The van der Waals surface area contributed by atoms with Crippen molar-refractivity contribution in [1.29, 1.82) is 0 Å². The van der Waals surface area contributed by atoms with Gasteiger partial charge in [-0.2, -0.15) is 0 Å². The van der Waals surface area contributed by atoms with Crippen LogP contribution in [0.25, 0.3) is 0 Å². The van der Waals surface area contributed by atoms with Crippen LogP contribution in [0.5, 0.6) is 11.5 Å². The molecule has 0 aliphatic heterocycles. The van der Waals surface area contributed by atoms with Gasteiger partial charge < -0.3 is 20.1 Å². The molecule has 1 saturated carbocycles. The summed E-state index contributed by atoms with van der Waals surface area (Å²) in [6.07, 6.45) is 3.64. The van der Waals surface area contributed by atoms with Gasteiger partial charge in [-0.15, -0.1) is 11.3 Å². The van der Waals surface area contributed by atoms with Crippen LogP contribution in [0.1, 0.15) is 41.2 Å². The summed E-state index contributed by atoms with van der Waals surface area (Å²) < 4.78 is 11.2. The molecule has 0 bridgehead atoms. The van der Waals surface area contributed by atoms with Crippen molar-refractivity contribution in [1.82, 2.24) is 15.6 Å². The smallest absolute Gasteiger partial charge is 0.271 e. The highest BCUT2D eigenvalue weighted by atomic mass is 32.1. The van der Waals surface area contributed by atoms with Gasteiger partial charge in [0.25, 0.3) is 11.8 Å². The zero-order chi connectivity index (χ0) is 22.9. The molecule has 0 unspecified atom stereocenters. The maximum absolute atomic E-state index is 12.8. The highest BCUT2D eigenvalue weighted by Crippen LogP contribution is 2.20. The molecule has 0 saturated heterocycles. The van der Waals surface area contributed by atoms with Gasteiger partial charge in [0.15, 0.2) is 6.61 Å². The third kappa shape index (κ3) is 6.79. The Labute approximate surface area is 197 Å². The second kappa shape index (κ2) is 11.5. The summed E-state index contributed by atoms with van der Waals surface area (Å²) in [4.78, 5) is 29.6. The first-order valence-electron chi connectivity index (χ1n) is 11.1. The Morgan fingerprint density at radius 1 is 0.879 bits per heavy atom. The van der Waals surface area contributed by atoms with Crippen molar-refractivity contribution in [3.63, 3.8) is 0 Å². The van der Waals surface area contributed by atoms with E-state index in [9.17, 15) is 9.59 Å². The predicted molar refractivity (Wildman–Crippen MR) is 126 cm³/mol. The van der Waals surface area contributed by atoms with Crippen LogP contribution in [0.4, 0.5) is 0 Å². The number of rotatable bonds is 9. The van der Waals surface area contributed by atoms with E-state index in [0.717, 1.165) is 36.4 Å². The van der Waals surface area contributed by atoms with E-state index < -0.39 is 0 Å². The van der Waals surface area contributed by atoms with E-state index in [2.05, 4.69) is 15.6 Å². The fourth-order valence-corrected chi connectivity index (χ4v) is 4.46. The lowest BCUT2D eigenvalue weighted by molar-refractivity contribution is -0.124. The minimum atomic E-state index is -0.233. The number of hydrogen-bond donors (Lipinski definition) is 2. The standard InChI is InChI=1S/C25H27N3O4S/c29-23(15-31-18-9-3-1-4-10-18)26-20-13-7-8-14-21(20)28-25(30)22-17-33-24(27-22)16-32-19-11-5-2-6-12-19/h1-6,9-12,17,20-21H,7-8,13-16H2,(H,26,29)(H,28,30)/t20-,21+/m0/s1. The molecule has 2 atom stereocenters. The van der Waals surface area contributed by atoms with E-state index >= 15 is 0 Å². The van der Waals surface area contributed by atoms with E-state index in [0.29, 0.717) is 18.1 Å². The number of amides is 2. The van der Waals surface area contributed by atoms with Gasteiger partial charge >= 0.3 is 0 Å². The number of hydrogen-bond acceptors (Lipinski definition) is 6. The average molecular weight is 466 g/mol. The maximum Gasteiger partial charge on any atom is 0.271 e. The van der Waals surface area contributed by atoms with Gasteiger partial charge in [-0.3, -0.25) is 9.59 Å². The SMILES string of the molecule is O=C(COc1ccccc1)N[C@H]1CCCC[C@H]1NC(=O)c1csc(COc2ccccc2)n1. The molecule has 7 nitrogen and oxygen atoms in total. The van der Waals surface area contributed by atoms with Crippen LogP contribution < -0.4 is 20.1 Å². The fraction of sp³-hybridized carbons (Fsp3) is 0.320. The topological polar surface area (TPSA) is 89.6 Å². The van der Waals surface area contributed by atoms with E-state index in [1.807, 2.05) is 60.7 Å². The summed E-state index contributed by atoms with van der Waals surface area (Å²) in [7, 11) is 0. The Bertz CT molecular complexity index is 1040. The minimum absolute atomic E-state index is 0.0575.